The predicted molar refractivity (Wildman–Crippen MR) is 109 cm³/mol. The molecule has 1 atom stereocenters. The first-order valence-electron chi connectivity index (χ1n) is 9.45. The Morgan fingerprint density at radius 1 is 0.964 bits per heavy atom. The van der Waals surface area contributed by atoms with Crippen LogP contribution in [0.25, 0.3) is 0 Å². The van der Waals surface area contributed by atoms with E-state index in [-0.39, 0.29) is 6.61 Å². The normalized spacial score (nSPS) is 12.0. The number of hydrogen-bond donors (Lipinski definition) is 1. The Labute approximate surface area is 167 Å². The van der Waals surface area contributed by atoms with Crippen LogP contribution in [0.3, 0.4) is 0 Å². The van der Waals surface area contributed by atoms with Crippen LogP contribution in [0, 0.1) is 0 Å². The average Bonchev–Trinajstić information content (AvgIpc) is 2.72. The lowest BCUT2D eigenvalue weighted by Crippen LogP contribution is -2.36. The highest BCUT2D eigenvalue weighted by molar-refractivity contribution is 5.46. The second kappa shape index (κ2) is 12.2. The zero-order valence-electron chi connectivity index (χ0n) is 17.0. The molecule has 0 unspecified atom stereocenters. The SMILES string of the molecule is COCCCN(Cc1cccc(OC)c1OC)C[C@H](O)COc1ccccc1. The molecular weight excluding hydrogens is 358 g/mol. The smallest absolute Gasteiger partial charge is 0.165 e. The van der Waals surface area contributed by atoms with Crippen molar-refractivity contribution in [3.05, 3.63) is 54.1 Å². The number of hydrogen-bond acceptors (Lipinski definition) is 6. The summed E-state index contributed by atoms with van der Waals surface area (Å²) in [6.45, 7) is 2.81. The molecule has 0 bridgehead atoms. The van der Waals surface area contributed by atoms with E-state index in [0.29, 0.717) is 25.4 Å². The van der Waals surface area contributed by atoms with E-state index in [1.54, 1.807) is 21.3 Å². The Balaban J connectivity index is 2.00. The lowest BCUT2D eigenvalue weighted by atomic mass is 10.1. The van der Waals surface area contributed by atoms with Gasteiger partial charge in [-0.05, 0) is 24.6 Å². The lowest BCUT2D eigenvalue weighted by Gasteiger charge is -2.26. The fourth-order valence-corrected chi connectivity index (χ4v) is 3.05. The summed E-state index contributed by atoms with van der Waals surface area (Å²) in [5.74, 6) is 2.17. The highest BCUT2D eigenvalue weighted by Gasteiger charge is 2.17. The first kappa shape index (κ1) is 22.0. The van der Waals surface area contributed by atoms with Crippen molar-refractivity contribution in [3.8, 4) is 17.2 Å². The third kappa shape index (κ3) is 7.03. The van der Waals surface area contributed by atoms with Crippen LogP contribution < -0.4 is 14.2 Å². The van der Waals surface area contributed by atoms with Crippen LogP contribution in [0.15, 0.2) is 48.5 Å². The monoisotopic (exact) mass is 389 g/mol. The second-order valence-corrected chi connectivity index (χ2v) is 6.51. The van der Waals surface area contributed by atoms with Crippen LogP contribution in [0.2, 0.25) is 0 Å². The molecule has 0 saturated heterocycles. The van der Waals surface area contributed by atoms with E-state index in [1.165, 1.54) is 0 Å². The molecule has 0 radical (unpaired) electrons. The maximum absolute atomic E-state index is 10.5. The third-order valence-electron chi connectivity index (χ3n) is 4.36. The average molecular weight is 389 g/mol. The first-order valence-corrected chi connectivity index (χ1v) is 9.45. The van der Waals surface area contributed by atoms with Gasteiger partial charge in [0.05, 0.1) is 14.2 Å². The van der Waals surface area contributed by atoms with Crippen LogP contribution in [0.1, 0.15) is 12.0 Å². The molecular formula is C22H31NO5. The molecule has 2 rings (SSSR count). The van der Waals surface area contributed by atoms with Crippen molar-refractivity contribution in [3.63, 3.8) is 0 Å². The van der Waals surface area contributed by atoms with Crippen molar-refractivity contribution in [2.24, 2.45) is 0 Å². The number of aliphatic hydroxyl groups excluding tert-OH is 1. The molecule has 0 aliphatic rings. The van der Waals surface area contributed by atoms with Crippen LogP contribution in [0.5, 0.6) is 17.2 Å². The van der Waals surface area contributed by atoms with E-state index in [9.17, 15) is 5.11 Å². The minimum Gasteiger partial charge on any atom is -0.493 e. The predicted octanol–water partition coefficient (Wildman–Crippen LogP) is 2.98. The first-order chi connectivity index (χ1) is 13.7. The molecule has 0 fully saturated rings. The molecule has 0 heterocycles. The number of ether oxygens (including phenoxy) is 4. The summed E-state index contributed by atoms with van der Waals surface area (Å²) in [4.78, 5) is 2.18. The van der Waals surface area contributed by atoms with E-state index in [2.05, 4.69) is 4.90 Å². The zero-order valence-corrected chi connectivity index (χ0v) is 17.0. The molecule has 28 heavy (non-hydrogen) atoms. The van der Waals surface area contributed by atoms with Crippen molar-refractivity contribution in [2.45, 2.75) is 19.1 Å². The minimum atomic E-state index is -0.612. The van der Waals surface area contributed by atoms with Gasteiger partial charge in [-0.25, -0.2) is 0 Å². The molecule has 0 spiro atoms. The van der Waals surface area contributed by atoms with Crippen molar-refractivity contribution in [2.75, 3.05) is 47.6 Å². The fourth-order valence-electron chi connectivity index (χ4n) is 3.05. The van der Waals surface area contributed by atoms with E-state index >= 15 is 0 Å². The standard InChI is InChI=1S/C22H31NO5/c1-25-14-8-13-23(15-18-9-7-12-21(26-2)22(18)27-3)16-19(24)17-28-20-10-5-4-6-11-20/h4-7,9-12,19,24H,8,13-17H2,1-3H3/t19-/m0/s1. The van der Waals surface area contributed by atoms with Gasteiger partial charge in [0.15, 0.2) is 11.5 Å². The Morgan fingerprint density at radius 3 is 2.43 bits per heavy atom. The Kier molecular flexibility index (Phi) is 9.62. The van der Waals surface area contributed by atoms with E-state index in [4.69, 9.17) is 18.9 Å². The van der Waals surface area contributed by atoms with Crippen molar-refractivity contribution >= 4 is 0 Å². The van der Waals surface area contributed by atoms with Gasteiger partial charge in [0.1, 0.15) is 18.5 Å². The maximum Gasteiger partial charge on any atom is 0.165 e. The summed E-state index contributed by atoms with van der Waals surface area (Å²) in [6.07, 6.45) is 0.258. The van der Waals surface area contributed by atoms with Crippen molar-refractivity contribution < 1.29 is 24.1 Å². The molecule has 154 valence electrons. The number of methoxy groups -OCH3 is 3. The van der Waals surface area contributed by atoms with Gasteiger partial charge in [0.25, 0.3) is 0 Å². The minimum absolute atomic E-state index is 0.236. The number of nitrogens with zero attached hydrogens (tertiary/aromatic N) is 1. The molecule has 2 aromatic carbocycles. The Morgan fingerprint density at radius 2 is 1.75 bits per heavy atom. The quantitative estimate of drug-likeness (QED) is 0.532. The fraction of sp³-hybridized carbons (Fsp3) is 0.455. The van der Waals surface area contributed by atoms with Gasteiger partial charge in [0, 0.05) is 38.9 Å². The van der Waals surface area contributed by atoms with Gasteiger partial charge in [0.2, 0.25) is 0 Å². The maximum atomic E-state index is 10.5. The number of aliphatic hydroxyl groups is 1. The Bertz CT molecular complexity index is 680. The van der Waals surface area contributed by atoms with Crippen LogP contribution in [0.4, 0.5) is 0 Å². The summed E-state index contributed by atoms with van der Waals surface area (Å²) >= 11 is 0. The Hall–Kier alpha value is -2.28. The number of para-hydroxylation sites is 2. The summed E-state index contributed by atoms with van der Waals surface area (Å²) < 4.78 is 21.8. The van der Waals surface area contributed by atoms with Gasteiger partial charge in [-0.15, -0.1) is 0 Å². The van der Waals surface area contributed by atoms with Gasteiger partial charge in [-0.2, -0.15) is 0 Å². The number of rotatable bonds is 13. The van der Waals surface area contributed by atoms with Crippen LogP contribution in [-0.2, 0) is 11.3 Å². The third-order valence-corrected chi connectivity index (χ3v) is 4.36. The van der Waals surface area contributed by atoms with E-state index < -0.39 is 6.10 Å². The molecule has 0 saturated carbocycles. The highest BCUT2D eigenvalue weighted by atomic mass is 16.5. The molecule has 0 amide bonds. The van der Waals surface area contributed by atoms with E-state index in [0.717, 1.165) is 30.0 Å². The zero-order chi connectivity index (χ0) is 20.2. The number of benzene rings is 2. The van der Waals surface area contributed by atoms with Gasteiger partial charge in [-0.3, -0.25) is 4.90 Å². The molecule has 0 aliphatic carbocycles. The highest BCUT2D eigenvalue weighted by Crippen LogP contribution is 2.31. The lowest BCUT2D eigenvalue weighted by molar-refractivity contribution is 0.0614. The molecule has 2 aromatic rings. The summed E-state index contributed by atoms with van der Waals surface area (Å²) in [5.41, 5.74) is 1.01. The van der Waals surface area contributed by atoms with Crippen LogP contribution in [-0.4, -0.2) is 63.7 Å². The second-order valence-electron chi connectivity index (χ2n) is 6.51. The molecule has 0 aliphatic heterocycles. The molecule has 0 aromatic heterocycles. The largest absolute Gasteiger partial charge is 0.493 e. The summed E-state index contributed by atoms with van der Waals surface area (Å²) in [6, 6.07) is 15.3. The molecule has 6 heteroatoms. The van der Waals surface area contributed by atoms with Crippen molar-refractivity contribution in [1.29, 1.82) is 0 Å². The summed E-state index contributed by atoms with van der Waals surface area (Å²) in [7, 11) is 4.96. The van der Waals surface area contributed by atoms with Gasteiger partial charge >= 0.3 is 0 Å². The topological polar surface area (TPSA) is 60.4 Å². The summed E-state index contributed by atoms with van der Waals surface area (Å²) in [5, 5.41) is 10.5. The van der Waals surface area contributed by atoms with Crippen LogP contribution >= 0.6 is 0 Å². The van der Waals surface area contributed by atoms with Crippen molar-refractivity contribution in [1.82, 2.24) is 4.90 Å². The van der Waals surface area contributed by atoms with Gasteiger partial charge in [-0.1, -0.05) is 30.3 Å². The molecule has 6 nitrogen and oxygen atoms in total. The molecule has 1 N–H and O–H groups in total. The van der Waals surface area contributed by atoms with E-state index in [1.807, 2.05) is 48.5 Å². The van der Waals surface area contributed by atoms with Gasteiger partial charge < -0.3 is 24.1 Å².